The van der Waals surface area contributed by atoms with Crippen molar-refractivity contribution in [2.45, 2.75) is 144 Å². The molecule has 7 rings (SSSR count). The van der Waals surface area contributed by atoms with Gasteiger partial charge in [-0.15, -0.1) is 0 Å². The third-order valence-corrected chi connectivity index (χ3v) is 15.7. The van der Waals surface area contributed by atoms with Crippen molar-refractivity contribution in [3.8, 4) is 0 Å². The van der Waals surface area contributed by atoms with Crippen LogP contribution in [-0.2, 0) is 18.9 Å². The van der Waals surface area contributed by atoms with E-state index in [0.29, 0.717) is 16.5 Å². The molecule has 0 radical (unpaired) electrons. The molecule has 3 saturated carbocycles. The minimum Gasteiger partial charge on any atom is -0.459 e. The van der Waals surface area contributed by atoms with Gasteiger partial charge in [0.15, 0.2) is 12.4 Å². The number of ether oxygens (including phenoxy) is 4. The Kier molecular flexibility index (Phi) is 12.3. The molecular weight excluding hydrogens is 685 g/mol. The Morgan fingerprint density at radius 2 is 1.51 bits per heavy atom. The Morgan fingerprint density at radius 1 is 0.818 bits per heavy atom. The molecule has 300 valence electrons. The van der Waals surface area contributed by atoms with Gasteiger partial charge in [0.1, 0.15) is 6.61 Å². The Morgan fingerprint density at radius 3 is 2.20 bits per heavy atom. The fourth-order valence-corrected chi connectivity index (χ4v) is 12.3. The number of hydrogen-bond donors (Lipinski definition) is 0. The number of carbonyl (C=O) groups is 2. The van der Waals surface area contributed by atoms with Crippen molar-refractivity contribution in [1.29, 1.82) is 0 Å². The third kappa shape index (κ3) is 8.24. The van der Waals surface area contributed by atoms with E-state index in [1.54, 1.807) is 29.8 Å². The summed E-state index contributed by atoms with van der Waals surface area (Å²) in [7, 11) is 0. The molecule has 0 spiro atoms. The minimum atomic E-state index is -0.765. The number of carbonyl (C=O) groups excluding carboxylic acids is 2. The number of rotatable bonds is 12. The Hall–Kier alpha value is -2.96. The summed E-state index contributed by atoms with van der Waals surface area (Å²) in [6.07, 6.45) is 14.6. The lowest BCUT2D eigenvalue weighted by Crippen LogP contribution is -2.55. The lowest BCUT2D eigenvalue weighted by atomic mass is 9.47. The summed E-state index contributed by atoms with van der Waals surface area (Å²) < 4.78 is 25.7. The molecule has 6 heteroatoms. The van der Waals surface area contributed by atoms with E-state index in [4.69, 9.17) is 18.9 Å². The van der Waals surface area contributed by atoms with E-state index < -0.39 is 18.5 Å². The second-order valence-electron chi connectivity index (χ2n) is 19.3. The molecule has 55 heavy (non-hydrogen) atoms. The average molecular weight is 753 g/mol. The first-order valence-corrected chi connectivity index (χ1v) is 21.9. The van der Waals surface area contributed by atoms with E-state index in [1.165, 1.54) is 51.4 Å². The lowest BCUT2D eigenvalue weighted by molar-refractivity contribution is -0.289. The van der Waals surface area contributed by atoms with Crippen LogP contribution in [0.25, 0.3) is 0 Å². The van der Waals surface area contributed by atoms with Crippen LogP contribution < -0.4 is 0 Å². The third-order valence-electron chi connectivity index (χ3n) is 15.7. The maximum absolute atomic E-state index is 13.4. The van der Waals surface area contributed by atoms with E-state index in [9.17, 15) is 9.59 Å². The van der Waals surface area contributed by atoms with Crippen LogP contribution in [0.3, 0.4) is 0 Å². The highest BCUT2D eigenvalue weighted by atomic mass is 16.7. The monoisotopic (exact) mass is 753 g/mol. The van der Waals surface area contributed by atoms with Crippen LogP contribution in [0.4, 0.5) is 0 Å². The topological polar surface area (TPSA) is 71.1 Å². The van der Waals surface area contributed by atoms with Crippen molar-refractivity contribution < 1.29 is 28.5 Å². The molecule has 13 atom stereocenters. The summed E-state index contributed by atoms with van der Waals surface area (Å²) in [5, 5.41) is 0. The van der Waals surface area contributed by atoms with Crippen LogP contribution in [-0.4, -0.2) is 43.1 Å². The van der Waals surface area contributed by atoms with Crippen molar-refractivity contribution in [3.63, 3.8) is 0 Å². The zero-order valence-corrected chi connectivity index (χ0v) is 34.7. The van der Waals surface area contributed by atoms with Crippen molar-refractivity contribution in [1.82, 2.24) is 0 Å². The molecule has 4 fully saturated rings. The van der Waals surface area contributed by atoms with Gasteiger partial charge in [0.2, 0.25) is 0 Å². The summed E-state index contributed by atoms with van der Waals surface area (Å²) >= 11 is 0. The normalized spacial score (nSPS) is 37.6. The maximum Gasteiger partial charge on any atom is 0.338 e. The van der Waals surface area contributed by atoms with E-state index in [-0.39, 0.29) is 41.9 Å². The first-order valence-electron chi connectivity index (χ1n) is 21.9. The number of benzene rings is 2. The fourth-order valence-electron chi connectivity index (χ4n) is 12.3. The maximum atomic E-state index is 13.4. The predicted octanol–water partition coefficient (Wildman–Crippen LogP) is 11.5. The number of hydrogen-bond acceptors (Lipinski definition) is 6. The van der Waals surface area contributed by atoms with Gasteiger partial charge in [-0.05, 0) is 128 Å². The van der Waals surface area contributed by atoms with Crippen LogP contribution in [0, 0.1) is 58.2 Å². The molecule has 0 aromatic heterocycles. The summed E-state index contributed by atoms with van der Waals surface area (Å²) in [4.78, 5) is 26.3. The number of allylic oxidation sites excluding steroid dienone is 1. The lowest BCUT2D eigenvalue weighted by Gasteiger charge is -2.58. The molecule has 0 amide bonds. The summed E-state index contributed by atoms with van der Waals surface area (Å²) in [5.74, 6) is 3.95. The molecule has 0 bridgehead atoms. The van der Waals surface area contributed by atoms with E-state index >= 15 is 0 Å². The summed E-state index contributed by atoms with van der Waals surface area (Å²) in [6.45, 7) is 16.8. The van der Waals surface area contributed by atoms with Gasteiger partial charge >= 0.3 is 11.9 Å². The smallest absolute Gasteiger partial charge is 0.338 e. The molecule has 1 heterocycles. The largest absolute Gasteiger partial charge is 0.459 e. The van der Waals surface area contributed by atoms with Gasteiger partial charge in [0, 0.05) is 5.92 Å². The molecular formula is C49H68O6. The van der Waals surface area contributed by atoms with Gasteiger partial charge in [-0.25, -0.2) is 9.59 Å². The van der Waals surface area contributed by atoms with E-state index in [0.717, 1.165) is 54.8 Å². The molecule has 1 aliphatic heterocycles. The predicted molar refractivity (Wildman–Crippen MR) is 217 cm³/mol. The highest BCUT2D eigenvalue weighted by Gasteiger charge is 2.59. The van der Waals surface area contributed by atoms with E-state index in [1.807, 2.05) is 36.4 Å². The Bertz CT molecular complexity index is 1630. The van der Waals surface area contributed by atoms with Crippen LogP contribution in [0.1, 0.15) is 140 Å². The first-order chi connectivity index (χ1) is 26.4. The van der Waals surface area contributed by atoms with Gasteiger partial charge < -0.3 is 18.9 Å². The molecule has 1 saturated heterocycles. The van der Waals surface area contributed by atoms with E-state index in [2.05, 4.69) is 54.5 Å². The van der Waals surface area contributed by atoms with Crippen LogP contribution in [0.5, 0.6) is 0 Å². The quantitative estimate of drug-likeness (QED) is 0.159. The molecule has 4 unspecified atom stereocenters. The first kappa shape index (κ1) is 40.2. The zero-order chi connectivity index (χ0) is 38.9. The second-order valence-corrected chi connectivity index (χ2v) is 19.3. The van der Waals surface area contributed by atoms with Gasteiger partial charge in [0.25, 0.3) is 0 Å². The second kappa shape index (κ2) is 16.9. The average Bonchev–Trinajstić information content (AvgIpc) is 3.55. The van der Waals surface area contributed by atoms with Crippen molar-refractivity contribution in [2.75, 3.05) is 6.61 Å². The SMILES string of the molecule is CC(C)CCCC(C)[C@H]1CCC2C3CC=C4C[C@@H](O[C@@H]5O[C@H](COC(=O)c6ccccc6)[C@@H](C)[C@H](C)[C@H]5OC(=O)c5ccccc5)CC[C@]4(C)C3CC[C@@]21C. The van der Waals surface area contributed by atoms with Crippen molar-refractivity contribution in [2.24, 2.45) is 58.2 Å². The standard InChI is InChI=1S/C49H68O6/c1-31(2)15-14-16-32(3)40-23-24-41-39-22-21-37-29-38(25-27-48(37,6)42(39)26-28-49(40,41)7)53-47-44(55-46(51)36-19-12-9-13-20-36)34(5)33(4)43(54-47)30-52-45(50)35-17-10-8-11-18-35/h8-13,17-21,31-34,38-44,47H,14-16,22-30H2,1-7H3/t32?,33-,34-,38-,39?,40+,41?,42?,43+,44+,47+,48-,49+/m0/s1. The molecule has 0 N–H and O–H groups in total. The number of fused-ring (bicyclic) bond motifs is 5. The minimum absolute atomic E-state index is 0.0386. The molecule has 5 aliphatic rings. The summed E-state index contributed by atoms with van der Waals surface area (Å²) in [5.41, 5.74) is 3.26. The van der Waals surface area contributed by atoms with Gasteiger partial charge in [-0.1, -0.05) is 116 Å². The highest BCUT2D eigenvalue weighted by Crippen LogP contribution is 2.67. The van der Waals surface area contributed by atoms with Gasteiger partial charge in [-0.3, -0.25) is 0 Å². The molecule has 2 aromatic rings. The number of esters is 2. The zero-order valence-electron chi connectivity index (χ0n) is 34.7. The Balaban J connectivity index is 1.04. The molecule has 6 nitrogen and oxygen atoms in total. The van der Waals surface area contributed by atoms with Gasteiger partial charge in [-0.2, -0.15) is 0 Å². The van der Waals surface area contributed by atoms with Crippen molar-refractivity contribution in [3.05, 3.63) is 83.4 Å². The summed E-state index contributed by atoms with van der Waals surface area (Å²) in [6, 6.07) is 18.2. The van der Waals surface area contributed by atoms with Gasteiger partial charge in [0.05, 0.1) is 23.3 Å². The highest BCUT2D eigenvalue weighted by molar-refractivity contribution is 5.89. The van der Waals surface area contributed by atoms with Crippen molar-refractivity contribution >= 4 is 11.9 Å². The fraction of sp³-hybridized carbons (Fsp3) is 0.673. The van der Waals surface area contributed by atoms with Crippen LogP contribution >= 0.6 is 0 Å². The Labute approximate surface area is 331 Å². The van der Waals surface area contributed by atoms with Crippen LogP contribution in [0.15, 0.2) is 72.3 Å². The molecule has 2 aromatic carbocycles. The molecule has 4 aliphatic carbocycles. The van der Waals surface area contributed by atoms with Crippen LogP contribution in [0.2, 0.25) is 0 Å².